The lowest BCUT2D eigenvalue weighted by Crippen LogP contribution is -2.12. The van der Waals surface area contributed by atoms with Crippen LogP contribution in [0.15, 0.2) is 53.2 Å². The van der Waals surface area contributed by atoms with Crippen molar-refractivity contribution in [1.29, 1.82) is 0 Å². The van der Waals surface area contributed by atoms with Gasteiger partial charge in [-0.15, -0.1) is 5.10 Å². The molecular formula is C17H15N3O2S. The molecule has 0 fully saturated rings. The number of rotatable bonds is 5. The molecule has 6 heteroatoms. The molecule has 3 aromatic rings. The molecule has 0 aliphatic carbocycles. The first-order chi connectivity index (χ1) is 11.2. The molecule has 3 rings (SSSR count). The normalized spacial score (nSPS) is 10.7. The number of hydrogen-bond acceptors (Lipinski definition) is 5. The molecule has 0 spiro atoms. The van der Waals surface area contributed by atoms with Gasteiger partial charge in [-0.1, -0.05) is 31.2 Å². The zero-order valence-corrected chi connectivity index (χ0v) is 13.4. The highest BCUT2D eigenvalue weighted by Gasteiger charge is 2.12. The monoisotopic (exact) mass is 325 g/mol. The summed E-state index contributed by atoms with van der Waals surface area (Å²) in [5, 5.41) is 4.26. The van der Waals surface area contributed by atoms with E-state index in [1.807, 2.05) is 30.3 Å². The number of aromatic nitrogens is 3. The maximum absolute atomic E-state index is 12.4. The molecule has 2 aromatic heterocycles. The number of carbonyl (C=O) groups excluding carboxylic acids is 1. The summed E-state index contributed by atoms with van der Waals surface area (Å²) in [5.41, 5.74) is 2.55. The van der Waals surface area contributed by atoms with Crippen LogP contribution >= 0.6 is 12.2 Å². The maximum Gasteiger partial charge on any atom is 0.287 e. The van der Waals surface area contributed by atoms with Crippen molar-refractivity contribution in [2.45, 2.75) is 19.9 Å². The molecule has 0 atom stereocenters. The molecule has 5 nitrogen and oxygen atoms in total. The fourth-order valence-corrected chi connectivity index (χ4v) is 2.35. The van der Waals surface area contributed by atoms with Gasteiger partial charge in [0.05, 0.1) is 5.56 Å². The molecule has 0 saturated heterocycles. The summed E-state index contributed by atoms with van der Waals surface area (Å²) in [6.45, 7) is 2.12. The van der Waals surface area contributed by atoms with Gasteiger partial charge in [0.1, 0.15) is 6.54 Å². The van der Waals surface area contributed by atoms with Crippen molar-refractivity contribution >= 4 is 18.0 Å². The molecule has 0 aliphatic rings. The quantitative estimate of drug-likeness (QED) is 0.528. The molecule has 2 heterocycles. The van der Waals surface area contributed by atoms with E-state index in [9.17, 15) is 4.79 Å². The number of aryl methyl sites for hydroxylation is 1. The van der Waals surface area contributed by atoms with E-state index < -0.39 is 0 Å². The largest absolute Gasteiger partial charge is 0.409 e. The Hall–Kier alpha value is -2.60. The molecule has 0 radical (unpaired) electrons. The second kappa shape index (κ2) is 6.66. The van der Waals surface area contributed by atoms with Gasteiger partial charge in [-0.2, -0.15) is 0 Å². The summed E-state index contributed by atoms with van der Waals surface area (Å²) in [6.07, 6.45) is 4.24. The van der Waals surface area contributed by atoms with Gasteiger partial charge in [0.25, 0.3) is 4.84 Å². The Morgan fingerprint density at radius 2 is 2.04 bits per heavy atom. The number of benzene rings is 1. The van der Waals surface area contributed by atoms with Crippen LogP contribution in [0.3, 0.4) is 0 Å². The first-order valence-corrected chi connectivity index (χ1v) is 7.68. The van der Waals surface area contributed by atoms with Crippen LogP contribution in [0.5, 0.6) is 0 Å². The minimum absolute atomic E-state index is 0.0497. The Balaban J connectivity index is 1.81. The summed E-state index contributed by atoms with van der Waals surface area (Å²) in [7, 11) is 0. The van der Waals surface area contributed by atoms with Gasteiger partial charge < -0.3 is 4.42 Å². The highest BCUT2D eigenvalue weighted by atomic mass is 32.1. The van der Waals surface area contributed by atoms with Gasteiger partial charge in [0.2, 0.25) is 5.89 Å². The van der Waals surface area contributed by atoms with Crippen LogP contribution in [0.25, 0.3) is 11.5 Å². The number of carbonyl (C=O) groups is 1. The number of Topliss-reactive ketones (excluding diaryl/α,β-unsaturated/α-hetero) is 1. The lowest BCUT2D eigenvalue weighted by Gasteiger charge is -2.02. The summed E-state index contributed by atoms with van der Waals surface area (Å²) in [5.74, 6) is 0.298. The summed E-state index contributed by atoms with van der Waals surface area (Å²) in [4.78, 5) is 16.5. The Labute approximate surface area is 138 Å². The molecule has 0 amide bonds. The van der Waals surface area contributed by atoms with E-state index in [-0.39, 0.29) is 17.2 Å². The van der Waals surface area contributed by atoms with E-state index in [0.717, 1.165) is 12.0 Å². The second-order valence-electron chi connectivity index (χ2n) is 5.05. The van der Waals surface area contributed by atoms with Crippen molar-refractivity contribution in [2.24, 2.45) is 0 Å². The van der Waals surface area contributed by atoms with Gasteiger partial charge in [0, 0.05) is 18.0 Å². The van der Waals surface area contributed by atoms with Crippen LogP contribution < -0.4 is 0 Å². The fraction of sp³-hybridized carbons (Fsp3) is 0.176. The molecule has 1 aromatic carbocycles. The van der Waals surface area contributed by atoms with E-state index in [2.05, 4.69) is 17.0 Å². The van der Waals surface area contributed by atoms with Crippen LogP contribution in [0, 0.1) is 4.84 Å². The van der Waals surface area contributed by atoms with Gasteiger partial charge in [-0.05, 0) is 36.3 Å². The molecule has 116 valence electrons. The maximum atomic E-state index is 12.4. The zero-order chi connectivity index (χ0) is 16.2. The minimum atomic E-state index is -0.0604. The van der Waals surface area contributed by atoms with E-state index in [0.29, 0.717) is 11.5 Å². The Morgan fingerprint density at radius 3 is 2.70 bits per heavy atom. The minimum Gasteiger partial charge on any atom is -0.409 e. The third kappa shape index (κ3) is 3.43. The molecule has 0 aliphatic heterocycles. The molecule has 0 N–H and O–H groups in total. The topological polar surface area (TPSA) is 60.9 Å². The lowest BCUT2D eigenvalue weighted by atomic mass is 10.1. The number of nitrogens with zero attached hydrogens (tertiary/aromatic N) is 3. The van der Waals surface area contributed by atoms with Crippen LogP contribution in [0.1, 0.15) is 22.8 Å². The summed E-state index contributed by atoms with van der Waals surface area (Å²) in [6, 6.07) is 11.2. The summed E-state index contributed by atoms with van der Waals surface area (Å²) < 4.78 is 6.84. The standard InChI is InChI=1S/C17H15N3O2S/c1-2-12-5-7-13(8-6-12)15(21)11-20-17(23)22-16(19-20)14-4-3-9-18-10-14/h3-10H,2,11H2,1H3. The van der Waals surface area contributed by atoms with Crippen LogP contribution in [-0.4, -0.2) is 20.5 Å². The molecule has 0 saturated carbocycles. The number of ketones is 1. The van der Waals surface area contributed by atoms with Crippen molar-refractivity contribution in [3.63, 3.8) is 0 Å². The average molecular weight is 325 g/mol. The third-order valence-corrected chi connectivity index (χ3v) is 3.79. The average Bonchev–Trinajstić information content (AvgIpc) is 2.96. The highest BCUT2D eigenvalue weighted by Crippen LogP contribution is 2.16. The fourth-order valence-electron chi connectivity index (χ4n) is 2.17. The van der Waals surface area contributed by atoms with Crippen molar-refractivity contribution in [1.82, 2.24) is 14.8 Å². The Bertz CT molecular complexity index is 867. The Morgan fingerprint density at radius 1 is 1.26 bits per heavy atom. The smallest absolute Gasteiger partial charge is 0.287 e. The number of pyridine rings is 1. The van der Waals surface area contributed by atoms with Gasteiger partial charge in [0.15, 0.2) is 5.78 Å². The third-order valence-electron chi connectivity index (χ3n) is 3.49. The lowest BCUT2D eigenvalue weighted by molar-refractivity contribution is 0.0966. The van der Waals surface area contributed by atoms with E-state index >= 15 is 0 Å². The second-order valence-corrected chi connectivity index (χ2v) is 5.40. The van der Waals surface area contributed by atoms with Gasteiger partial charge >= 0.3 is 0 Å². The number of hydrogen-bond donors (Lipinski definition) is 0. The predicted molar refractivity (Wildman–Crippen MR) is 88.7 cm³/mol. The summed E-state index contributed by atoms with van der Waals surface area (Å²) >= 11 is 5.14. The van der Waals surface area contributed by atoms with Crippen molar-refractivity contribution in [3.8, 4) is 11.5 Å². The van der Waals surface area contributed by atoms with E-state index in [1.54, 1.807) is 18.5 Å². The van der Waals surface area contributed by atoms with Gasteiger partial charge in [-0.3, -0.25) is 9.78 Å². The van der Waals surface area contributed by atoms with Crippen molar-refractivity contribution in [2.75, 3.05) is 0 Å². The first-order valence-electron chi connectivity index (χ1n) is 7.28. The van der Waals surface area contributed by atoms with Gasteiger partial charge in [-0.25, -0.2) is 4.68 Å². The first kappa shape index (κ1) is 15.3. The highest BCUT2D eigenvalue weighted by molar-refractivity contribution is 7.71. The SMILES string of the molecule is CCc1ccc(C(=O)Cn2nc(-c3cccnc3)oc2=S)cc1. The van der Waals surface area contributed by atoms with Crippen LogP contribution in [0.2, 0.25) is 0 Å². The van der Waals surface area contributed by atoms with E-state index in [4.69, 9.17) is 16.6 Å². The Kier molecular flexibility index (Phi) is 4.43. The predicted octanol–water partition coefficient (Wildman–Crippen LogP) is 3.71. The molecule has 0 unspecified atom stereocenters. The molecular weight excluding hydrogens is 310 g/mol. The van der Waals surface area contributed by atoms with Crippen molar-refractivity contribution in [3.05, 3.63) is 64.8 Å². The van der Waals surface area contributed by atoms with Crippen LogP contribution in [-0.2, 0) is 13.0 Å². The van der Waals surface area contributed by atoms with Crippen molar-refractivity contribution < 1.29 is 9.21 Å². The van der Waals surface area contributed by atoms with E-state index in [1.165, 1.54) is 10.2 Å². The van der Waals surface area contributed by atoms with Crippen LogP contribution in [0.4, 0.5) is 0 Å². The zero-order valence-electron chi connectivity index (χ0n) is 12.6. The molecule has 23 heavy (non-hydrogen) atoms. The molecule has 0 bridgehead atoms.